The third-order valence-corrected chi connectivity index (χ3v) is 4.96. The predicted octanol–water partition coefficient (Wildman–Crippen LogP) is 5.67. The molecule has 0 aliphatic heterocycles. The Morgan fingerprint density at radius 1 is 0.778 bits per heavy atom. The average molecular weight is 479 g/mol. The summed E-state index contributed by atoms with van der Waals surface area (Å²) in [5, 5.41) is 5.38. The summed E-state index contributed by atoms with van der Waals surface area (Å²) in [6, 6.07) is 18.3. The molecule has 3 aromatic rings. The smallest absolute Gasteiger partial charge is 0.412 e. The number of hydrogen-bond acceptors (Lipinski definition) is 4. The highest BCUT2D eigenvalue weighted by molar-refractivity contribution is 6.08. The second kappa shape index (κ2) is 11.1. The molecule has 0 atom stereocenters. The molecule has 0 aromatic heterocycles. The Morgan fingerprint density at radius 2 is 1.33 bits per heavy atom. The van der Waals surface area contributed by atoms with E-state index < -0.39 is 17.6 Å². The SMILES string of the molecule is C#Cc1ccc(CC(=O)c2cc(NC(=O)OC(C)(C)C)cc(C(=O)Nc3ccc(C#C)cc3)c2)cc1. The zero-order valence-corrected chi connectivity index (χ0v) is 20.3. The number of nitrogens with one attached hydrogen (secondary N) is 2. The minimum absolute atomic E-state index is 0.0926. The number of amides is 2. The van der Waals surface area contributed by atoms with Crippen molar-refractivity contribution in [1.29, 1.82) is 0 Å². The summed E-state index contributed by atoms with van der Waals surface area (Å²) in [5.74, 6) is 4.36. The van der Waals surface area contributed by atoms with Crippen LogP contribution in [0.2, 0.25) is 0 Å². The van der Waals surface area contributed by atoms with Crippen LogP contribution >= 0.6 is 0 Å². The maximum atomic E-state index is 13.1. The van der Waals surface area contributed by atoms with Gasteiger partial charge in [0.25, 0.3) is 5.91 Å². The fourth-order valence-electron chi connectivity index (χ4n) is 3.27. The minimum Gasteiger partial charge on any atom is -0.444 e. The number of carbonyl (C=O) groups excluding carboxylic acids is 3. The maximum absolute atomic E-state index is 13.1. The Morgan fingerprint density at radius 3 is 1.89 bits per heavy atom. The van der Waals surface area contributed by atoms with Gasteiger partial charge in [-0.2, -0.15) is 0 Å². The van der Waals surface area contributed by atoms with Crippen LogP contribution in [0.25, 0.3) is 0 Å². The van der Waals surface area contributed by atoms with Gasteiger partial charge in [-0.3, -0.25) is 14.9 Å². The van der Waals surface area contributed by atoms with Crippen molar-refractivity contribution in [3.8, 4) is 24.7 Å². The number of ketones is 1. The number of carbonyl (C=O) groups is 3. The number of hydrogen-bond donors (Lipinski definition) is 2. The summed E-state index contributed by atoms with van der Waals surface area (Å²) in [6.45, 7) is 5.22. The molecule has 2 amide bonds. The lowest BCUT2D eigenvalue weighted by Gasteiger charge is -2.20. The van der Waals surface area contributed by atoms with E-state index >= 15 is 0 Å². The van der Waals surface area contributed by atoms with Gasteiger partial charge in [0.2, 0.25) is 0 Å². The van der Waals surface area contributed by atoms with Crippen LogP contribution in [0.15, 0.2) is 66.7 Å². The van der Waals surface area contributed by atoms with Crippen molar-refractivity contribution in [2.45, 2.75) is 32.8 Å². The van der Waals surface area contributed by atoms with Gasteiger partial charge in [-0.25, -0.2) is 4.79 Å². The van der Waals surface area contributed by atoms with Gasteiger partial charge in [0.15, 0.2) is 5.78 Å². The molecule has 0 fully saturated rings. The first-order chi connectivity index (χ1) is 17.1. The minimum atomic E-state index is -0.715. The fraction of sp³-hybridized carbons (Fsp3) is 0.167. The third kappa shape index (κ3) is 7.35. The molecule has 2 N–H and O–H groups in total. The summed E-state index contributed by atoms with van der Waals surface area (Å²) >= 11 is 0. The second-order valence-corrected chi connectivity index (χ2v) is 9.04. The van der Waals surface area contributed by atoms with Gasteiger partial charge in [-0.1, -0.05) is 24.0 Å². The van der Waals surface area contributed by atoms with Gasteiger partial charge in [0.05, 0.1) is 0 Å². The van der Waals surface area contributed by atoms with E-state index in [0.717, 1.165) is 5.56 Å². The lowest BCUT2D eigenvalue weighted by atomic mass is 9.99. The number of anilines is 2. The van der Waals surface area contributed by atoms with E-state index in [0.29, 0.717) is 16.8 Å². The lowest BCUT2D eigenvalue weighted by Crippen LogP contribution is -2.27. The summed E-state index contributed by atoms with van der Waals surface area (Å²) in [7, 11) is 0. The van der Waals surface area contributed by atoms with Crippen LogP contribution in [0.3, 0.4) is 0 Å². The highest BCUT2D eigenvalue weighted by Crippen LogP contribution is 2.20. The monoisotopic (exact) mass is 478 g/mol. The summed E-state index contributed by atoms with van der Waals surface area (Å²) < 4.78 is 5.31. The van der Waals surface area contributed by atoms with Crippen LogP contribution < -0.4 is 10.6 Å². The first kappa shape index (κ1) is 25.8. The van der Waals surface area contributed by atoms with Crippen molar-refractivity contribution in [2.75, 3.05) is 10.6 Å². The maximum Gasteiger partial charge on any atom is 0.412 e. The largest absolute Gasteiger partial charge is 0.444 e. The number of terminal acetylenes is 2. The average Bonchev–Trinajstić information content (AvgIpc) is 2.83. The molecule has 0 radical (unpaired) electrons. The lowest BCUT2D eigenvalue weighted by molar-refractivity contribution is 0.0635. The van der Waals surface area contributed by atoms with Crippen molar-refractivity contribution >= 4 is 29.2 Å². The summed E-state index contributed by atoms with van der Waals surface area (Å²) in [5.41, 5.74) is 2.68. The molecule has 0 saturated carbocycles. The van der Waals surface area contributed by atoms with Gasteiger partial charge in [-0.15, -0.1) is 12.8 Å². The number of ether oxygens (including phenoxy) is 1. The van der Waals surface area contributed by atoms with Gasteiger partial charge < -0.3 is 10.1 Å². The van der Waals surface area contributed by atoms with Gasteiger partial charge in [-0.05, 0) is 80.9 Å². The second-order valence-electron chi connectivity index (χ2n) is 9.04. The molecule has 0 spiro atoms. The Hall–Kier alpha value is -4.81. The first-order valence-corrected chi connectivity index (χ1v) is 11.2. The molecular formula is C30H26N2O4. The van der Waals surface area contributed by atoms with Crippen LogP contribution in [0.5, 0.6) is 0 Å². The first-order valence-electron chi connectivity index (χ1n) is 11.2. The highest BCUT2D eigenvalue weighted by atomic mass is 16.6. The van der Waals surface area contributed by atoms with Crippen LogP contribution in [0.1, 0.15) is 58.2 Å². The molecule has 36 heavy (non-hydrogen) atoms. The molecule has 0 heterocycles. The normalized spacial score (nSPS) is 10.5. The quantitative estimate of drug-likeness (QED) is 0.353. The van der Waals surface area contributed by atoms with Crippen molar-refractivity contribution in [2.24, 2.45) is 0 Å². The van der Waals surface area contributed by atoms with E-state index in [1.807, 2.05) is 0 Å². The van der Waals surface area contributed by atoms with E-state index in [1.54, 1.807) is 69.3 Å². The van der Waals surface area contributed by atoms with Gasteiger partial charge >= 0.3 is 6.09 Å². The fourth-order valence-corrected chi connectivity index (χ4v) is 3.27. The standard InChI is InChI=1S/C30H26N2O4/c1-6-20-8-10-22(11-9-20)16-27(33)23-17-24(19-26(18-23)32-29(35)36-30(3,4)5)28(34)31-25-14-12-21(7-2)13-15-25/h1-2,8-15,17-19H,16H2,3-5H3,(H,31,34)(H,32,35). The topological polar surface area (TPSA) is 84.5 Å². The van der Waals surface area contributed by atoms with Gasteiger partial charge in [0.1, 0.15) is 5.60 Å². The van der Waals surface area contributed by atoms with Crippen LogP contribution in [0.4, 0.5) is 16.2 Å². The van der Waals surface area contributed by atoms with E-state index in [2.05, 4.69) is 22.5 Å². The molecule has 6 nitrogen and oxygen atoms in total. The molecule has 0 bridgehead atoms. The molecule has 0 saturated heterocycles. The van der Waals surface area contributed by atoms with Crippen molar-refractivity contribution in [1.82, 2.24) is 0 Å². The van der Waals surface area contributed by atoms with E-state index in [4.69, 9.17) is 17.6 Å². The molecule has 0 aliphatic carbocycles. The number of benzene rings is 3. The number of rotatable bonds is 6. The van der Waals surface area contributed by atoms with Gasteiger partial charge in [0, 0.05) is 40.0 Å². The van der Waals surface area contributed by atoms with Crippen molar-refractivity contribution < 1.29 is 19.1 Å². The van der Waals surface area contributed by atoms with Crippen LogP contribution in [-0.4, -0.2) is 23.4 Å². The Kier molecular flexibility index (Phi) is 7.94. The van der Waals surface area contributed by atoms with E-state index in [9.17, 15) is 14.4 Å². The van der Waals surface area contributed by atoms with E-state index in [-0.39, 0.29) is 29.0 Å². The van der Waals surface area contributed by atoms with Crippen molar-refractivity contribution in [3.05, 3.63) is 94.5 Å². The molecule has 6 heteroatoms. The summed E-state index contributed by atoms with van der Waals surface area (Å²) in [6.07, 6.45) is 10.2. The number of Topliss-reactive ketones (excluding diaryl/α,β-unsaturated/α-hetero) is 1. The molecular weight excluding hydrogens is 452 g/mol. The highest BCUT2D eigenvalue weighted by Gasteiger charge is 2.19. The van der Waals surface area contributed by atoms with E-state index in [1.165, 1.54) is 18.2 Å². The predicted molar refractivity (Wildman–Crippen MR) is 141 cm³/mol. The zero-order chi connectivity index (χ0) is 26.3. The summed E-state index contributed by atoms with van der Waals surface area (Å²) in [4.78, 5) is 38.5. The molecule has 180 valence electrons. The third-order valence-electron chi connectivity index (χ3n) is 4.96. The molecule has 3 aromatic carbocycles. The van der Waals surface area contributed by atoms with Crippen LogP contribution in [-0.2, 0) is 11.2 Å². The molecule has 3 rings (SSSR count). The Labute approximate surface area is 211 Å². The molecule has 0 unspecified atom stereocenters. The molecule has 0 aliphatic rings. The Bertz CT molecular complexity index is 1280. The van der Waals surface area contributed by atoms with Crippen LogP contribution in [0, 0.1) is 24.7 Å². The zero-order valence-electron chi connectivity index (χ0n) is 20.3. The van der Waals surface area contributed by atoms with Crippen molar-refractivity contribution in [3.63, 3.8) is 0 Å². The Balaban J connectivity index is 1.89.